The summed E-state index contributed by atoms with van der Waals surface area (Å²) in [6.07, 6.45) is 0. The van der Waals surface area contributed by atoms with E-state index >= 15 is 0 Å². The molecule has 158 valence electrons. The Kier molecular flexibility index (Phi) is 5.85. The van der Waals surface area contributed by atoms with Crippen LogP contribution in [0.3, 0.4) is 0 Å². The molecule has 1 amide bonds. The van der Waals surface area contributed by atoms with Gasteiger partial charge in [0.05, 0.1) is 35.1 Å². The molecule has 31 heavy (non-hydrogen) atoms. The molecule has 0 aliphatic carbocycles. The van der Waals surface area contributed by atoms with Gasteiger partial charge in [-0.2, -0.15) is 0 Å². The van der Waals surface area contributed by atoms with E-state index in [1.807, 2.05) is 28.7 Å². The van der Waals surface area contributed by atoms with E-state index in [0.717, 1.165) is 16.9 Å². The molecule has 0 radical (unpaired) electrons. The second kappa shape index (κ2) is 8.73. The first-order chi connectivity index (χ1) is 15.0. The molecular weight excluding hydrogens is 414 g/mol. The van der Waals surface area contributed by atoms with Crippen molar-refractivity contribution in [1.82, 2.24) is 19.6 Å². The first-order valence-electron chi connectivity index (χ1n) is 9.73. The average Bonchev–Trinajstić information content (AvgIpc) is 3.23. The van der Waals surface area contributed by atoms with Crippen LogP contribution in [0.5, 0.6) is 0 Å². The Morgan fingerprint density at radius 3 is 2.61 bits per heavy atom. The van der Waals surface area contributed by atoms with Crippen LogP contribution in [0.1, 0.15) is 35.9 Å². The zero-order valence-electron chi connectivity index (χ0n) is 17.3. The quantitative estimate of drug-likeness (QED) is 0.362. The number of carbonyl (C=O) groups is 2. The van der Waals surface area contributed by atoms with Crippen LogP contribution in [0.15, 0.2) is 53.6 Å². The lowest BCUT2D eigenvalue weighted by Crippen LogP contribution is -2.17. The van der Waals surface area contributed by atoms with Crippen LogP contribution < -0.4 is 5.32 Å². The lowest BCUT2D eigenvalue weighted by molar-refractivity contribution is -0.113. The third-order valence-electron chi connectivity index (χ3n) is 4.69. The molecule has 0 atom stereocenters. The van der Waals surface area contributed by atoms with Gasteiger partial charge in [-0.1, -0.05) is 49.9 Å². The van der Waals surface area contributed by atoms with Crippen molar-refractivity contribution < 1.29 is 14.3 Å². The van der Waals surface area contributed by atoms with Crippen molar-refractivity contribution in [1.29, 1.82) is 0 Å². The second-order valence-electron chi connectivity index (χ2n) is 7.15. The summed E-state index contributed by atoms with van der Waals surface area (Å²) in [5.41, 5.74) is 3.05. The van der Waals surface area contributed by atoms with Gasteiger partial charge in [0.15, 0.2) is 5.65 Å². The number of rotatable bonds is 6. The van der Waals surface area contributed by atoms with Crippen molar-refractivity contribution >= 4 is 46.0 Å². The van der Waals surface area contributed by atoms with Gasteiger partial charge in [0.1, 0.15) is 10.9 Å². The predicted octanol–water partition coefficient (Wildman–Crippen LogP) is 3.92. The monoisotopic (exact) mass is 435 g/mol. The van der Waals surface area contributed by atoms with Gasteiger partial charge >= 0.3 is 5.97 Å². The summed E-state index contributed by atoms with van der Waals surface area (Å²) < 4.78 is 6.77. The maximum Gasteiger partial charge on any atom is 0.339 e. The number of amides is 1. The number of nitrogens with one attached hydrogen (secondary N) is 1. The van der Waals surface area contributed by atoms with E-state index in [9.17, 15) is 9.59 Å². The molecule has 9 heteroatoms. The van der Waals surface area contributed by atoms with E-state index < -0.39 is 5.97 Å². The number of benzene rings is 2. The summed E-state index contributed by atoms with van der Waals surface area (Å²) in [5, 5.41) is 12.1. The van der Waals surface area contributed by atoms with Crippen LogP contribution in [-0.4, -0.2) is 44.3 Å². The lowest BCUT2D eigenvalue weighted by atomic mass is 10.2. The molecule has 0 aliphatic rings. The van der Waals surface area contributed by atoms with Gasteiger partial charge in [-0.15, -0.1) is 10.2 Å². The number of anilines is 1. The molecule has 0 saturated carbocycles. The van der Waals surface area contributed by atoms with Crippen molar-refractivity contribution in [3.05, 3.63) is 59.9 Å². The summed E-state index contributed by atoms with van der Waals surface area (Å²) in [6.45, 7) is 4.12. The Morgan fingerprint density at radius 2 is 1.84 bits per heavy atom. The minimum Gasteiger partial charge on any atom is -0.465 e. The highest BCUT2D eigenvalue weighted by molar-refractivity contribution is 8.00. The molecule has 1 N–H and O–H groups in total. The van der Waals surface area contributed by atoms with Crippen LogP contribution >= 0.6 is 11.8 Å². The van der Waals surface area contributed by atoms with Gasteiger partial charge in [-0.3, -0.25) is 9.20 Å². The minimum atomic E-state index is -0.508. The number of fused-ring (bicyclic) bond motifs is 3. The van der Waals surface area contributed by atoms with E-state index in [0.29, 0.717) is 21.9 Å². The van der Waals surface area contributed by atoms with Crippen LogP contribution in [0.2, 0.25) is 0 Å². The predicted molar refractivity (Wildman–Crippen MR) is 120 cm³/mol. The van der Waals surface area contributed by atoms with Gasteiger partial charge < -0.3 is 10.1 Å². The molecule has 0 aliphatic heterocycles. The van der Waals surface area contributed by atoms with E-state index in [1.165, 1.54) is 18.9 Å². The number of esters is 1. The maximum atomic E-state index is 12.6. The van der Waals surface area contributed by atoms with Crippen LogP contribution in [0.25, 0.3) is 16.7 Å². The first-order valence-corrected chi connectivity index (χ1v) is 10.7. The lowest BCUT2D eigenvalue weighted by Gasteiger charge is -2.11. The minimum absolute atomic E-state index is 0.0976. The molecule has 4 rings (SSSR count). The van der Waals surface area contributed by atoms with Crippen molar-refractivity contribution in [2.24, 2.45) is 0 Å². The highest BCUT2D eigenvalue weighted by Gasteiger charge is 2.19. The molecule has 0 bridgehead atoms. The molecular formula is C22H21N5O3S. The van der Waals surface area contributed by atoms with Gasteiger partial charge in [-0.25, -0.2) is 9.78 Å². The molecule has 4 aromatic rings. The van der Waals surface area contributed by atoms with Crippen molar-refractivity contribution in [2.45, 2.75) is 24.8 Å². The van der Waals surface area contributed by atoms with Crippen LogP contribution in [0.4, 0.5) is 5.69 Å². The van der Waals surface area contributed by atoms with Crippen molar-refractivity contribution in [3.63, 3.8) is 0 Å². The third-order valence-corrected chi connectivity index (χ3v) is 5.64. The zero-order chi connectivity index (χ0) is 22.0. The Hall–Kier alpha value is -3.46. The zero-order valence-corrected chi connectivity index (χ0v) is 18.1. The summed E-state index contributed by atoms with van der Waals surface area (Å²) >= 11 is 1.27. The molecule has 2 aromatic heterocycles. The molecule has 0 spiro atoms. The second-order valence-corrected chi connectivity index (χ2v) is 8.12. The number of thioether (sulfide) groups is 1. The molecule has 2 aromatic carbocycles. The van der Waals surface area contributed by atoms with E-state index in [1.54, 1.807) is 24.3 Å². The number of hydrogen-bond acceptors (Lipinski definition) is 7. The standard InChI is InChI=1S/C22H21N5O3S/c1-13(2)19-25-26-20-21(24-16-10-6-7-11-17(16)27(19)20)31-12-18(28)23-15-9-5-4-8-14(15)22(29)30-3/h4-11,13H,12H2,1-3H3,(H,23,28). The fourth-order valence-corrected chi connectivity index (χ4v) is 4.01. The van der Waals surface area contributed by atoms with Crippen LogP contribution in [0, 0.1) is 0 Å². The molecule has 0 saturated heterocycles. The Labute approximate surface area is 183 Å². The highest BCUT2D eigenvalue weighted by Crippen LogP contribution is 2.28. The molecule has 0 unspecified atom stereocenters. The topological polar surface area (TPSA) is 98.5 Å². The maximum absolute atomic E-state index is 12.6. The molecule has 2 heterocycles. The smallest absolute Gasteiger partial charge is 0.339 e. The summed E-state index contributed by atoms with van der Waals surface area (Å²) in [6, 6.07) is 14.5. The summed E-state index contributed by atoms with van der Waals surface area (Å²) in [5.74, 6) is 0.341. The number of aromatic nitrogens is 4. The van der Waals surface area contributed by atoms with Gasteiger partial charge in [0.25, 0.3) is 0 Å². The van der Waals surface area contributed by atoms with E-state index in [2.05, 4.69) is 29.4 Å². The molecule has 0 fully saturated rings. The van der Waals surface area contributed by atoms with Crippen molar-refractivity contribution in [3.8, 4) is 0 Å². The largest absolute Gasteiger partial charge is 0.465 e. The summed E-state index contributed by atoms with van der Waals surface area (Å²) in [7, 11) is 1.30. The Balaban J connectivity index is 1.61. The number of hydrogen-bond donors (Lipinski definition) is 1. The number of nitrogens with zero attached hydrogens (tertiary/aromatic N) is 4. The molecule has 8 nitrogen and oxygen atoms in total. The SMILES string of the molecule is COC(=O)c1ccccc1NC(=O)CSc1nc2ccccc2n2c(C(C)C)nnc12. The van der Waals surface area contributed by atoms with Gasteiger partial charge in [-0.05, 0) is 24.3 Å². The normalized spacial score (nSPS) is 11.2. The van der Waals surface area contributed by atoms with Gasteiger partial charge in [0.2, 0.25) is 5.91 Å². The number of carbonyl (C=O) groups excluding carboxylic acids is 2. The fraction of sp³-hybridized carbons (Fsp3) is 0.227. The van der Waals surface area contributed by atoms with Crippen LogP contribution in [-0.2, 0) is 9.53 Å². The number of methoxy groups -OCH3 is 1. The van der Waals surface area contributed by atoms with E-state index in [4.69, 9.17) is 9.72 Å². The van der Waals surface area contributed by atoms with Crippen molar-refractivity contribution in [2.75, 3.05) is 18.2 Å². The Bertz CT molecular complexity index is 1280. The van der Waals surface area contributed by atoms with Gasteiger partial charge in [0, 0.05) is 5.92 Å². The number of ether oxygens (including phenoxy) is 1. The highest BCUT2D eigenvalue weighted by atomic mass is 32.2. The average molecular weight is 436 g/mol. The fourth-order valence-electron chi connectivity index (χ4n) is 3.25. The van der Waals surface area contributed by atoms with E-state index in [-0.39, 0.29) is 17.6 Å². The Morgan fingerprint density at radius 1 is 1.10 bits per heavy atom. The third kappa shape index (κ3) is 4.09. The first kappa shape index (κ1) is 20.8. The number of para-hydroxylation sites is 3. The summed E-state index contributed by atoms with van der Waals surface area (Å²) in [4.78, 5) is 29.2.